The van der Waals surface area contributed by atoms with Crippen LogP contribution in [0.4, 0.5) is 13.2 Å². The summed E-state index contributed by atoms with van der Waals surface area (Å²) in [7, 11) is 0. The summed E-state index contributed by atoms with van der Waals surface area (Å²) in [6, 6.07) is -0.735. The molecule has 2 fully saturated rings. The van der Waals surface area contributed by atoms with Gasteiger partial charge in [0.2, 0.25) is 11.8 Å². The second-order valence-corrected chi connectivity index (χ2v) is 5.68. The Kier molecular flexibility index (Phi) is 4.19. The van der Waals surface area contributed by atoms with Crippen LogP contribution >= 0.6 is 0 Å². The van der Waals surface area contributed by atoms with Gasteiger partial charge in [0.25, 0.3) is 0 Å². The molecule has 2 rings (SSSR count). The van der Waals surface area contributed by atoms with Crippen LogP contribution in [0.3, 0.4) is 0 Å². The molecule has 0 aromatic rings. The highest BCUT2D eigenvalue weighted by Crippen LogP contribution is 2.42. The SMILES string of the molecule is CCC1C(=O)NC(C)(C2CC2)C(=O)N1CCOC(F)(F)F. The number of rotatable bonds is 5. The van der Waals surface area contributed by atoms with Gasteiger partial charge in [-0.15, -0.1) is 13.2 Å². The van der Waals surface area contributed by atoms with Gasteiger partial charge in [-0.25, -0.2) is 0 Å². The molecular formula is C13H19F3N2O3. The molecule has 2 aliphatic rings. The zero-order valence-electron chi connectivity index (χ0n) is 12.0. The fourth-order valence-corrected chi connectivity index (χ4v) is 2.83. The second-order valence-electron chi connectivity index (χ2n) is 5.68. The van der Waals surface area contributed by atoms with E-state index in [0.717, 1.165) is 12.8 Å². The zero-order valence-corrected chi connectivity index (χ0v) is 12.0. The van der Waals surface area contributed by atoms with Crippen molar-refractivity contribution >= 4 is 11.8 Å². The average molecular weight is 308 g/mol. The van der Waals surface area contributed by atoms with Gasteiger partial charge in [-0.1, -0.05) is 6.92 Å². The quantitative estimate of drug-likeness (QED) is 0.836. The van der Waals surface area contributed by atoms with Gasteiger partial charge in [0.1, 0.15) is 11.6 Å². The van der Waals surface area contributed by atoms with Crippen molar-refractivity contribution < 1.29 is 27.5 Å². The monoisotopic (exact) mass is 308 g/mol. The lowest BCUT2D eigenvalue weighted by atomic mass is 9.89. The fraction of sp³-hybridized carbons (Fsp3) is 0.846. The Morgan fingerprint density at radius 3 is 2.48 bits per heavy atom. The number of ether oxygens (including phenoxy) is 1. The summed E-state index contributed by atoms with van der Waals surface area (Å²) >= 11 is 0. The number of amides is 2. The molecule has 0 radical (unpaired) electrons. The highest BCUT2D eigenvalue weighted by Gasteiger charge is 2.54. The minimum Gasteiger partial charge on any atom is -0.340 e. The van der Waals surface area contributed by atoms with Crippen molar-refractivity contribution in [2.45, 2.75) is 51.1 Å². The fourth-order valence-electron chi connectivity index (χ4n) is 2.83. The van der Waals surface area contributed by atoms with Gasteiger partial charge in [0, 0.05) is 6.54 Å². The van der Waals surface area contributed by atoms with E-state index in [4.69, 9.17) is 0 Å². The highest BCUT2D eigenvalue weighted by atomic mass is 19.4. The summed E-state index contributed by atoms with van der Waals surface area (Å²) in [6.07, 6.45) is -2.70. The van der Waals surface area contributed by atoms with E-state index in [1.165, 1.54) is 4.90 Å². The number of carbonyl (C=O) groups is 2. The van der Waals surface area contributed by atoms with Gasteiger partial charge in [-0.3, -0.25) is 14.3 Å². The lowest BCUT2D eigenvalue weighted by Crippen LogP contribution is -2.70. The average Bonchev–Trinajstić information content (AvgIpc) is 3.18. The minimum atomic E-state index is -4.73. The van der Waals surface area contributed by atoms with Crippen molar-refractivity contribution in [2.24, 2.45) is 5.92 Å². The van der Waals surface area contributed by atoms with Crippen LogP contribution in [0, 0.1) is 5.92 Å². The maximum absolute atomic E-state index is 12.6. The van der Waals surface area contributed by atoms with Crippen molar-refractivity contribution in [2.75, 3.05) is 13.2 Å². The van der Waals surface area contributed by atoms with Crippen LogP contribution in [0.1, 0.15) is 33.1 Å². The molecule has 1 aliphatic heterocycles. The van der Waals surface area contributed by atoms with Gasteiger partial charge >= 0.3 is 6.36 Å². The Bertz CT molecular complexity index is 437. The van der Waals surface area contributed by atoms with Gasteiger partial charge in [0.15, 0.2) is 0 Å². The first-order valence-corrected chi connectivity index (χ1v) is 7.03. The number of hydrogen-bond acceptors (Lipinski definition) is 3. The number of nitrogens with one attached hydrogen (secondary N) is 1. The van der Waals surface area contributed by atoms with Crippen LogP contribution < -0.4 is 5.32 Å². The Labute approximate surface area is 120 Å². The number of alkyl halides is 3. The third-order valence-corrected chi connectivity index (χ3v) is 4.15. The molecule has 120 valence electrons. The topological polar surface area (TPSA) is 58.6 Å². The van der Waals surface area contributed by atoms with Crippen LogP contribution in [0.5, 0.6) is 0 Å². The van der Waals surface area contributed by atoms with E-state index < -0.39 is 24.6 Å². The smallest absolute Gasteiger partial charge is 0.340 e. The van der Waals surface area contributed by atoms with Crippen LogP contribution in [0.2, 0.25) is 0 Å². The predicted molar refractivity (Wildman–Crippen MR) is 67.1 cm³/mol. The van der Waals surface area contributed by atoms with Crippen LogP contribution in [-0.2, 0) is 14.3 Å². The first-order valence-electron chi connectivity index (χ1n) is 7.03. The van der Waals surface area contributed by atoms with Crippen molar-refractivity contribution in [3.8, 4) is 0 Å². The molecule has 2 unspecified atom stereocenters. The number of nitrogens with zero attached hydrogens (tertiary/aromatic N) is 1. The molecule has 1 heterocycles. The Morgan fingerprint density at radius 1 is 1.38 bits per heavy atom. The van der Waals surface area contributed by atoms with Crippen LogP contribution in [-0.4, -0.2) is 47.8 Å². The maximum atomic E-state index is 12.6. The van der Waals surface area contributed by atoms with E-state index in [2.05, 4.69) is 10.1 Å². The molecule has 0 aromatic carbocycles. The molecular weight excluding hydrogens is 289 g/mol. The van der Waals surface area contributed by atoms with E-state index in [1.54, 1.807) is 13.8 Å². The molecule has 1 saturated carbocycles. The van der Waals surface area contributed by atoms with Crippen molar-refractivity contribution in [3.63, 3.8) is 0 Å². The third-order valence-electron chi connectivity index (χ3n) is 4.15. The molecule has 2 amide bonds. The maximum Gasteiger partial charge on any atom is 0.522 e. The molecule has 0 bridgehead atoms. The van der Waals surface area contributed by atoms with Gasteiger partial charge < -0.3 is 10.2 Å². The first-order chi connectivity index (χ1) is 9.69. The van der Waals surface area contributed by atoms with Gasteiger partial charge in [-0.2, -0.15) is 0 Å². The highest BCUT2D eigenvalue weighted by molar-refractivity contribution is 6.00. The van der Waals surface area contributed by atoms with E-state index in [-0.39, 0.29) is 24.3 Å². The Balaban J connectivity index is 2.09. The summed E-state index contributed by atoms with van der Waals surface area (Å²) in [5.74, 6) is -0.557. The van der Waals surface area contributed by atoms with Gasteiger partial charge in [0.05, 0.1) is 6.61 Å². The summed E-state index contributed by atoms with van der Waals surface area (Å²) in [6.45, 7) is 2.45. The summed E-state index contributed by atoms with van der Waals surface area (Å²) < 4.78 is 39.9. The van der Waals surface area contributed by atoms with Crippen molar-refractivity contribution in [1.82, 2.24) is 10.2 Å². The number of halogens is 3. The number of hydrogen-bond donors (Lipinski definition) is 1. The summed E-state index contributed by atoms with van der Waals surface area (Å²) in [4.78, 5) is 25.9. The predicted octanol–water partition coefficient (Wildman–Crippen LogP) is 1.43. The molecule has 0 spiro atoms. The van der Waals surface area contributed by atoms with E-state index >= 15 is 0 Å². The lowest BCUT2D eigenvalue weighted by molar-refractivity contribution is -0.325. The standard InChI is InChI=1S/C13H19F3N2O3/c1-3-9-10(19)17-12(2,8-4-5-8)11(20)18(9)6-7-21-13(14,15)16/h8-9H,3-7H2,1-2H3,(H,17,19). The van der Waals surface area contributed by atoms with E-state index in [0.29, 0.717) is 6.42 Å². The third kappa shape index (κ3) is 3.30. The minimum absolute atomic E-state index is 0.0674. The van der Waals surface area contributed by atoms with Gasteiger partial charge in [-0.05, 0) is 32.1 Å². The largest absolute Gasteiger partial charge is 0.522 e. The molecule has 1 saturated heterocycles. The number of carbonyl (C=O) groups excluding carboxylic acids is 2. The zero-order chi connectivity index (χ0) is 15.8. The van der Waals surface area contributed by atoms with Crippen LogP contribution in [0.25, 0.3) is 0 Å². The summed E-state index contributed by atoms with van der Waals surface area (Å²) in [5.41, 5.74) is -0.999. The molecule has 5 nitrogen and oxygen atoms in total. The van der Waals surface area contributed by atoms with E-state index in [1.807, 2.05) is 0 Å². The molecule has 2 atom stereocenters. The van der Waals surface area contributed by atoms with E-state index in [9.17, 15) is 22.8 Å². The molecule has 0 aromatic heterocycles. The van der Waals surface area contributed by atoms with Crippen LogP contribution in [0.15, 0.2) is 0 Å². The Morgan fingerprint density at radius 2 is 2.00 bits per heavy atom. The summed E-state index contributed by atoms with van der Waals surface area (Å²) in [5, 5.41) is 2.75. The number of piperazine rings is 1. The Hall–Kier alpha value is -1.31. The molecule has 21 heavy (non-hydrogen) atoms. The van der Waals surface area contributed by atoms with Crippen molar-refractivity contribution in [3.05, 3.63) is 0 Å². The normalized spacial score (nSPS) is 30.5. The molecule has 1 aliphatic carbocycles. The molecule has 8 heteroatoms. The lowest BCUT2D eigenvalue weighted by Gasteiger charge is -2.44. The first kappa shape index (κ1) is 16.1. The van der Waals surface area contributed by atoms with Crippen molar-refractivity contribution in [1.29, 1.82) is 0 Å². The molecule has 1 N–H and O–H groups in total. The second kappa shape index (κ2) is 5.47.